The molecule has 0 spiro atoms. The van der Waals surface area contributed by atoms with Crippen molar-refractivity contribution >= 4 is 17.4 Å². The van der Waals surface area contributed by atoms with Crippen LogP contribution in [0.4, 0.5) is 0 Å². The lowest BCUT2D eigenvalue weighted by Gasteiger charge is -2.07. The highest BCUT2D eigenvalue weighted by Crippen LogP contribution is 2.18. The first-order valence-electron chi connectivity index (χ1n) is 6.18. The van der Waals surface area contributed by atoms with Crippen molar-refractivity contribution in [1.82, 2.24) is 4.98 Å². The van der Waals surface area contributed by atoms with Gasteiger partial charge in [-0.2, -0.15) is 0 Å². The minimum atomic E-state index is -0.168. The van der Waals surface area contributed by atoms with Gasteiger partial charge in [0.25, 0.3) is 0 Å². The van der Waals surface area contributed by atoms with Crippen LogP contribution in [0, 0.1) is 0 Å². The normalized spacial score (nSPS) is 10.1. The second kappa shape index (κ2) is 6.91. The third-order valence-corrected chi connectivity index (χ3v) is 2.75. The molecule has 5 heteroatoms. The van der Waals surface area contributed by atoms with Crippen LogP contribution in [0.3, 0.4) is 0 Å². The Balaban J connectivity index is 1.99. The predicted molar refractivity (Wildman–Crippen MR) is 76.7 cm³/mol. The second-order valence-corrected chi connectivity index (χ2v) is 4.45. The molecular formula is C15H14ClNO3. The fourth-order valence-corrected chi connectivity index (χ4v) is 1.79. The molecule has 0 aliphatic carbocycles. The van der Waals surface area contributed by atoms with Crippen LogP contribution in [-0.2, 0) is 0 Å². The Labute approximate surface area is 122 Å². The topological polar surface area (TPSA) is 48.4 Å². The molecule has 20 heavy (non-hydrogen) atoms. The first-order chi connectivity index (χ1) is 9.69. The highest BCUT2D eigenvalue weighted by molar-refractivity contribution is 6.30. The lowest BCUT2D eigenvalue weighted by molar-refractivity contribution is 0.0920. The third-order valence-electron chi connectivity index (χ3n) is 2.51. The van der Waals surface area contributed by atoms with Crippen LogP contribution in [-0.4, -0.2) is 24.0 Å². The number of ether oxygens (including phenoxy) is 2. The van der Waals surface area contributed by atoms with Crippen molar-refractivity contribution in [3.05, 3.63) is 53.3 Å². The maximum atomic E-state index is 12.0. The Kier molecular flexibility index (Phi) is 4.96. The first kappa shape index (κ1) is 14.3. The summed E-state index contributed by atoms with van der Waals surface area (Å²) < 4.78 is 10.7. The van der Waals surface area contributed by atoms with Gasteiger partial charge in [-0.1, -0.05) is 17.7 Å². The number of Topliss-reactive ketones (excluding diaryl/α,β-unsaturated/α-hetero) is 1. The number of benzene rings is 1. The van der Waals surface area contributed by atoms with E-state index in [0.29, 0.717) is 28.7 Å². The van der Waals surface area contributed by atoms with Gasteiger partial charge < -0.3 is 9.47 Å². The molecule has 4 nitrogen and oxygen atoms in total. The van der Waals surface area contributed by atoms with E-state index in [1.54, 1.807) is 36.5 Å². The number of hydrogen-bond donors (Lipinski definition) is 0. The quantitative estimate of drug-likeness (QED) is 0.765. The van der Waals surface area contributed by atoms with Crippen molar-refractivity contribution < 1.29 is 14.3 Å². The number of carbonyl (C=O) groups excluding carboxylic acids is 1. The van der Waals surface area contributed by atoms with Crippen LogP contribution in [0.15, 0.2) is 42.7 Å². The minimum absolute atomic E-state index is 0.0718. The zero-order valence-corrected chi connectivity index (χ0v) is 11.8. The summed E-state index contributed by atoms with van der Waals surface area (Å²) in [6.07, 6.45) is 3.06. The molecule has 0 saturated heterocycles. The van der Waals surface area contributed by atoms with Crippen LogP contribution in [0.5, 0.6) is 11.5 Å². The summed E-state index contributed by atoms with van der Waals surface area (Å²) in [6, 6.07) is 8.56. The van der Waals surface area contributed by atoms with E-state index in [2.05, 4.69) is 4.98 Å². The maximum absolute atomic E-state index is 12.0. The highest BCUT2D eigenvalue weighted by atomic mass is 35.5. The molecule has 0 N–H and O–H groups in total. The monoisotopic (exact) mass is 291 g/mol. The summed E-state index contributed by atoms with van der Waals surface area (Å²) in [6.45, 7) is 2.33. The van der Waals surface area contributed by atoms with E-state index >= 15 is 0 Å². The van der Waals surface area contributed by atoms with Gasteiger partial charge in [0.15, 0.2) is 6.61 Å². The molecule has 0 saturated carbocycles. The van der Waals surface area contributed by atoms with E-state index in [0.717, 1.165) is 0 Å². The number of hydrogen-bond acceptors (Lipinski definition) is 4. The predicted octanol–water partition coefficient (Wildman–Crippen LogP) is 3.40. The number of ketones is 1. The Morgan fingerprint density at radius 2 is 2.05 bits per heavy atom. The molecule has 0 unspecified atom stereocenters. The number of carbonyl (C=O) groups is 1. The molecule has 2 aromatic rings. The number of aromatic nitrogens is 1. The Bertz CT molecular complexity index is 601. The van der Waals surface area contributed by atoms with E-state index in [4.69, 9.17) is 21.1 Å². The van der Waals surface area contributed by atoms with Crippen molar-refractivity contribution in [2.75, 3.05) is 13.2 Å². The number of halogens is 1. The molecular weight excluding hydrogens is 278 g/mol. The first-order valence-corrected chi connectivity index (χ1v) is 6.56. The Morgan fingerprint density at radius 1 is 1.20 bits per heavy atom. The fraction of sp³-hybridized carbons (Fsp3) is 0.200. The third kappa shape index (κ3) is 3.96. The standard InChI is InChI=1S/C15H14ClNO3/c1-2-19-14-6-11(8-17-9-14)15(18)10-20-13-5-3-4-12(16)7-13/h3-9H,2,10H2,1H3. The average Bonchev–Trinajstić information content (AvgIpc) is 2.45. The van der Waals surface area contributed by atoms with E-state index in [-0.39, 0.29) is 12.4 Å². The van der Waals surface area contributed by atoms with E-state index < -0.39 is 0 Å². The molecule has 1 aromatic carbocycles. The SMILES string of the molecule is CCOc1cncc(C(=O)COc2cccc(Cl)c2)c1. The summed E-state index contributed by atoms with van der Waals surface area (Å²) >= 11 is 5.84. The minimum Gasteiger partial charge on any atom is -0.492 e. The zero-order chi connectivity index (χ0) is 14.4. The molecule has 1 heterocycles. The van der Waals surface area contributed by atoms with Crippen LogP contribution in [0.25, 0.3) is 0 Å². The average molecular weight is 292 g/mol. The number of pyridine rings is 1. The molecule has 0 aliphatic heterocycles. The fourth-order valence-electron chi connectivity index (χ4n) is 1.61. The molecule has 0 bridgehead atoms. The molecule has 0 fully saturated rings. The van der Waals surface area contributed by atoms with Gasteiger partial charge >= 0.3 is 0 Å². The van der Waals surface area contributed by atoms with Crippen molar-refractivity contribution in [2.45, 2.75) is 6.92 Å². The van der Waals surface area contributed by atoms with Gasteiger partial charge in [-0.3, -0.25) is 9.78 Å². The lowest BCUT2D eigenvalue weighted by Crippen LogP contribution is -2.12. The molecule has 0 radical (unpaired) electrons. The van der Waals surface area contributed by atoms with E-state index in [1.165, 1.54) is 6.20 Å². The molecule has 0 atom stereocenters. The van der Waals surface area contributed by atoms with Gasteiger partial charge in [0.2, 0.25) is 5.78 Å². The lowest BCUT2D eigenvalue weighted by atomic mass is 10.2. The van der Waals surface area contributed by atoms with E-state index in [9.17, 15) is 4.79 Å². The van der Waals surface area contributed by atoms with Crippen molar-refractivity contribution in [1.29, 1.82) is 0 Å². The van der Waals surface area contributed by atoms with Crippen LogP contribution >= 0.6 is 11.6 Å². The largest absolute Gasteiger partial charge is 0.492 e. The van der Waals surface area contributed by atoms with Gasteiger partial charge in [-0.25, -0.2) is 0 Å². The van der Waals surface area contributed by atoms with Gasteiger partial charge in [0.05, 0.1) is 12.8 Å². The van der Waals surface area contributed by atoms with Gasteiger partial charge in [0.1, 0.15) is 11.5 Å². The molecule has 104 valence electrons. The van der Waals surface area contributed by atoms with Crippen LogP contribution in [0.2, 0.25) is 5.02 Å². The summed E-state index contributed by atoms with van der Waals surface area (Å²) in [5.41, 5.74) is 0.456. The van der Waals surface area contributed by atoms with Crippen LogP contribution < -0.4 is 9.47 Å². The molecule has 1 aromatic heterocycles. The van der Waals surface area contributed by atoms with Crippen molar-refractivity contribution in [2.24, 2.45) is 0 Å². The Hall–Kier alpha value is -2.07. The zero-order valence-electron chi connectivity index (χ0n) is 11.0. The maximum Gasteiger partial charge on any atom is 0.201 e. The summed E-state index contributed by atoms with van der Waals surface area (Å²) in [5.74, 6) is 0.958. The van der Waals surface area contributed by atoms with Gasteiger partial charge in [-0.15, -0.1) is 0 Å². The van der Waals surface area contributed by atoms with Gasteiger partial charge in [0, 0.05) is 16.8 Å². The summed E-state index contributed by atoms with van der Waals surface area (Å²) in [4.78, 5) is 16.0. The summed E-state index contributed by atoms with van der Waals surface area (Å²) in [5, 5.41) is 0.565. The molecule has 0 amide bonds. The van der Waals surface area contributed by atoms with Crippen LogP contribution in [0.1, 0.15) is 17.3 Å². The Morgan fingerprint density at radius 3 is 2.80 bits per heavy atom. The van der Waals surface area contributed by atoms with E-state index in [1.807, 2.05) is 6.92 Å². The summed E-state index contributed by atoms with van der Waals surface area (Å²) in [7, 11) is 0. The molecule has 0 aliphatic rings. The number of rotatable bonds is 6. The van der Waals surface area contributed by atoms with Crippen molar-refractivity contribution in [3.8, 4) is 11.5 Å². The van der Waals surface area contributed by atoms with Gasteiger partial charge in [-0.05, 0) is 31.2 Å². The molecule has 2 rings (SSSR count). The van der Waals surface area contributed by atoms with Crippen molar-refractivity contribution in [3.63, 3.8) is 0 Å². The smallest absolute Gasteiger partial charge is 0.201 e. The second-order valence-electron chi connectivity index (χ2n) is 4.01. The number of nitrogens with zero attached hydrogens (tertiary/aromatic N) is 1. The highest BCUT2D eigenvalue weighted by Gasteiger charge is 2.09.